The first-order valence-electron chi connectivity index (χ1n) is 12.3. The number of methoxy groups -OCH3 is 4. The third kappa shape index (κ3) is 7.08. The van der Waals surface area contributed by atoms with Crippen molar-refractivity contribution in [2.75, 3.05) is 59.7 Å². The van der Waals surface area contributed by atoms with Crippen molar-refractivity contribution in [2.24, 2.45) is 0 Å². The average molecular weight is 524 g/mol. The number of benzene rings is 3. The maximum atomic E-state index is 12.8. The maximum absolute atomic E-state index is 12.8. The summed E-state index contributed by atoms with van der Waals surface area (Å²) in [4.78, 5) is 15.2. The lowest BCUT2D eigenvalue weighted by atomic mass is 9.98. The van der Waals surface area contributed by atoms with Crippen LogP contribution in [0.15, 0.2) is 48.5 Å². The van der Waals surface area contributed by atoms with Crippen LogP contribution >= 0.6 is 0 Å². The van der Waals surface area contributed by atoms with Crippen LogP contribution in [0.4, 0.5) is 11.4 Å². The molecule has 204 valence electrons. The number of hydrogen-bond acceptors (Lipinski definition) is 8. The number of anilines is 2. The number of nitrogen functional groups attached to an aromatic ring is 1. The van der Waals surface area contributed by atoms with E-state index >= 15 is 0 Å². The molecule has 4 N–H and O–H groups in total. The molecular weight excluding hydrogens is 486 g/mol. The molecule has 0 aliphatic carbocycles. The molecule has 38 heavy (non-hydrogen) atoms. The Kier molecular flexibility index (Phi) is 10.2. The number of fused-ring (bicyclic) bond motifs is 1. The molecule has 0 saturated carbocycles. The molecule has 0 unspecified atom stereocenters. The normalized spacial score (nSPS) is 12.6. The number of ether oxygens (including phenoxy) is 4. The highest BCUT2D eigenvalue weighted by atomic mass is 16.5. The summed E-state index contributed by atoms with van der Waals surface area (Å²) in [5, 5.41) is 12.9. The van der Waals surface area contributed by atoms with Crippen LogP contribution in [0.5, 0.6) is 23.0 Å². The predicted octanol–water partition coefficient (Wildman–Crippen LogP) is 4.12. The van der Waals surface area contributed by atoms with E-state index in [-0.39, 0.29) is 11.7 Å². The van der Waals surface area contributed by atoms with Crippen molar-refractivity contribution in [3.63, 3.8) is 0 Å². The van der Waals surface area contributed by atoms with Crippen molar-refractivity contribution < 1.29 is 28.8 Å². The lowest BCUT2D eigenvalue weighted by Crippen LogP contribution is -2.32. The van der Waals surface area contributed by atoms with Gasteiger partial charge in [-0.3, -0.25) is 9.69 Å². The van der Waals surface area contributed by atoms with E-state index in [4.69, 9.17) is 19.9 Å². The van der Waals surface area contributed by atoms with Gasteiger partial charge in [-0.2, -0.15) is 0 Å². The molecule has 9 nitrogen and oxygen atoms in total. The topological polar surface area (TPSA) is 116 Å². The van der Waals surface area contributed by atoms with Gasteiger partial charge in [-0.15, -0.1) is 0 Å². The number of nitrogens with two attached hydrogens (primary N) is 1. The van der Waals surface area contributed by atoms with Crippen LogP contribution in [0, 0.1) is 0 Å². The van der Waals surface area contributed by atoms with Crippen molar-refractivity contribution in [2.45, 2.75) is 19.4 Å². The molecule has 1 amide bonds. The van der Waals surface area contributed by atoms with Crippen molar-refractivity contribution >= 4 is 17.3 Å². The molecule has 0 radical (unpaired) electrons. The van der Waals surface area contributed by atoms with Gasteiger partial charge in [0.15, 0.2) is 23.0 Å². The highest BCUT2D eigenvalue weighted by Gasteiger charge is 2.19. The molecule has 1 aliphatic heterocycles. The first-order valence-corrected chi connectivity index (χ1v) is 12.3. The van der Waals surface area contributed by atoms with E-state index in [0.717, 1.165) is 32.5 Å². The van der Waals surface area contributed by atoms with E-state index in [2.05, 4.69) is 15.0 Å². The Morgan fingerprint density at radius 2 is 1.55 bits per heavy atom. The number of amides is 1. The minimum atomic E-state index is -0.315. The summed E-state index contributed by atoms with van der Waals surface area (Å²) in [6.07, 6.45) is 1.79. The number of nitrogens with one attached hydrogen (secondary N) is 1. The number of carbonyl (C=O) groups is 1. The second-order valence-electron chi connectivity index (χ2n) is 8.92. The van der Waals surface area contributed by atoms with E-state index < -0.39 is 0 Å². The minimum Gasteiger partial charge on any atom is -0.504 e. The Labute approximate surface area is 224 Å². The monoisotopic (exact) mass is 523 g/mol. The minimum absolute atomic E-state index is 0.195. The van der Waals surface area contributed by atoms with Crippen LogP contribution in [0.3, 0.4) is 0 Å². The summed E-state index contributed by atoms with van der Waals surface area (Å²) < 4.78 is 20.0. The molecule has 0 bridgehead atoms. The Morgan fingerprint density at radius 1 is 0.921 bits per heavy atom. The molecule has 9 heteroatoms. The van der Waals surface area contributed by atoms with E-state index in [0.29, 0.717) is 34.2 Å². The van der Waals surface area contributed by atoms with Gasteiger partial charge in [0, 0.05) is 51.3 Å². The first kappa shape index (κ1) is 28.6. The Hall–Kier alpha value is -3.95. The standard InChI is InChI=1S/C27H31N3O5.C2H6O/c1-33-24-13-19-16-30(11-9-18(19)12-23(24)31)10-8-17-4-6-20(7-5-17)29-27(32)21-14-25(34-2)26(35-3)15-22(21)28;1-3-2/h4-7,12-15,31H,8-11,16,28H2,1-3H3,(H,29,32);1-2H3. The highest BCUT2D eigenvalue weighted by molar-refractivity contribution is 6.08. The lowest BCUT2D eigenvalue weighted by Gasteiger charge is -2.29. The van der Waals surface area contributed by atoms with Gasteiger partial charge < -0.3 is 35.1 Å². The number of carbonyl (C=O) groups excluding carboxylic acids is 1. The van der Waals surface area contributed by atoms with E-state index in [1.165, 1.54) is 30.9 Å². The van der Waals surface area contributed by atoms with Crippen LogP contribution in [-0.4, -0.2) is 64.6 Å². The second kappa shape index (κ2) is 13.6. The summed E-state index contributed by atoms with van der Waals surface area (Å²) in [6.45, 7) is 2.68. The molecular formula is C29H37N3O6. The van der Waals surface area contributed by atoms with E-state index in [1.807, 2.05) is 36.4 Å². The number of hydrogen-bond donors (Lipinski definition) is 3. The fraction of sp³-hybridized carbons (Fsp3) is 0.345. The highest BCUT2D eigenvalue weighted by Crippen LogP contribution is 2.33. The van der Waals surface area contributed by atoms with Crippen molar-refractivity contribution in [3.8, 4) is 23.0 Å². The molecule has 3 aromatic rings. The number of aromatic hydroxyl groups is 1. The van der Waals surface area contributed by atoms with Crippen molar-refractivity contribution in [1.29, 1.82) is 0 Å². The molecule has 1 heterocycles. The molecule has 0 atom stereocenters. The smallest absolute Gasteiger partial charge is 0.257 e. The van der Waals surface area contributed by atoms with Crippen LogP contribution in [0.1, 0.15) is 27.0 Å². The SMILES string of the molecule is COC.COc1cc2c(cc1O)CCN(CCc1ccc(NC(=O)c3cc(OC)c(OC)cc3N)cc1)C2. The van der Waals surface area contributed by atoms with E-state index in [1.54, 1.807) is 33.5 Å². The maximum Gasteiger partial charge on any atom is 0.257 e. The number of nitrogens with zero attached hydrogens (tertiary/aromatic N) is 1. The van der Waals surface area contributed by atoms with Crippen LogP contribution in [0.25, 0.3) is 0 Å². The quantitative estimate of drug-likeness (QED) is 0.378. The Balaban J connectivity index is 0.00000127. The molecule has 0 fully saturated rings. The summed E-state index contributed by atoms with van der Waals surface area (Å²) in [7, 11) is 7.85. The van der Waals surface area contributed by atoms with Gasteiger partial charge in [-0.1, -0.05) is 12.1 Å². The van der Waals surface area contributed by atoms with Gasteiger partial charge in [0.1, 0.15) is 0 Å². The molecule has 0 spiro atoms. The van der Waals surface area contributed by atoms with Gasteiger partial charge in [-0.05, 0) is 59.9 Å². The zero-order valence-corrected chi connectivity index (χ0v) is 22.7. The number of phenols is 1. The fourth-order valence-corrected chi connectivity index (χ4v) is 4.32. The van der Waals surface area contributed by atoms with Gasteiger partial charge in [0.2, 0.25) is 0 Å². The van der Waals surface area contributed by atoms with Gasteiger partial charge in [0.25, 0.3) is 5.91 Å². The number of phenolic OH excluding ortho intramolecular Hbond substituents is 1. The van der Waals surface area contributed by atoms with Gasteiger partial charge in [-0.25, -0.2) is 0 Å². The van der Waals surface area contributed by atoms with Crippen LogP contribution < -0.4 is 25.3 Å². The summed E-state index contributed by atoms with van der Waals surface area (Å²) in [5.74, 6) is 1.31. The fourth-order valence-electron chi connectivity index (χ4n) is 4.32. The second-order valence-corrected chi connectivity index (χ2v) is 8.92. The zero-order valence-electron chi connectivity index (χ0n) is 22.7. The molecule has 4 rings (SSSR count). The summed E-state index contributed by atoms with van der Waals surface area (Å²) in [6, 6.07) is 14.7. The Bertz CT molecular complexity index is 1230. The Morgan fingerprint density at radius 3 is 2.18 bits per heavy atom. The summed E-state index contributed by atoms with van der Waals surface area (Å²) >= 11 is 0. The van der Waals surface area contributed by atoms with Gasteiger partial charge >= 0.3 is 0 Å². The summed E-state index contributed by atoms with van der Waals surface area (Å²) in [5.41, 5.74) is 10.9. The molecule has 0 saturated heterocycles. The van der Waals surface area contributed by atoms with Gasteiger partial charge in [0.05, 0.1) is 26.9 Å². The van der Waals surface area contributed by atoms with Crippen molar-refractivity contribution in [3.05, 3.63) is 70.8 Å². The number of rotatable bonds is 8. The molecule has 0 aromatic heterocycles. The average Bonchev–Trinajstić information content (AvgIpc) is 2.92. The predicted molar refractivity (Wildman–Crippen MR) is 149 cm³/mol. The third-order valence-corrected chi connectivity index (χ3v) is 6.32. The molecule has 3 aromatic carbocycles. The lowest BCUT2D eigenvalue weighted by molar-refractivity contribution is 0.102. The van der Waals surface area contributed by atoms with Crippen LogP contribution in [-0.2, 0) is 24.1 Å². The first-order chi connectivity index (χ1) is 18.3. The molecule has 1 aliphatic rings. The van der Waals surface area contributed by atoms with Crippen LogP contribution in [0.2, 0.25) is 0 Å². The zero-order chi connectivity index (χ0) is 27.7. The van der Waals surface area contributed by atoms with E-state index in [9.17, 15) is 9.90 Å². The third-order valence-electron chi connectivity index (χ3n) is 6.32. The largest absolute Gasteiger partial charge is 0.504 e. The van der Waals surface area contributed by atoms with Crippen molar-refractivity contribution in [1.82, 2.24) is 4.90 Å².